The van der Waals surface area contributed by atoms with E-state index < -0.39 is 15.9 Å². The van der Waals surface area contributed by atoms with Crippen molar-refractivity contribution in [3.8, 4) is 0 Å². The van der Waals surface area contributed by atoms with E-state index in [0.717, 1.165) is 0 Å². The Kier molecular flexibility index (Phi) is 4.94. The van der Waals surface area contributed by atoms with E-state index in [1.54, 1.807) is 13.8 Å². The molecule has 1 unspecified atom stereocenters. The summed E-state index contributed by atoms with van der Waals surface area (Å²) in [6.45, 7) is 3.25. The van der Waals surface area contributed by atoms with E-state index in [0.29, 0.717) is 0 Å². The summed E-state index contributed by atoms with van der Waals surface area (Å²) in [5.41, 5.74) is 5.26. The fourth-order valence-corrected chi connectivity index (χ4v) is 1.34. The first-order valence-corrected chi connectivity index (χ1v) is 5.95. The molecule has 0 saturated heterocycles. The van der Waals surface area contributed by atoms with Gasteiger partial charge < -0.3 is 11.1 Å². The van der Waals surface area contributed by atoms with Crippen LogP contribution in [0.2, 0.25) is 0 Å². The van der Waals surface area contributed by atoms with Crippen LogP contribution in [0.1, 0.15) is 13.8 Å². The van der Waals surface area contributed by atoms with Crippen molar-refractivity contribution in [2.75, 3.05) is 18.1 Å². The fraction of sp³-hybridized carbons (Fsp3) is 0.857. The number of rotatable bonds is 5. The van der Waals surface area contributed by atoms with Crippen molar-refractivity contribution in [1.82, 2.24) is 5.32 Å². The molecule has 13 heavy (non-hydrogen) atoms. The molecule has 0 aromatic heterocycles. The van der Waals surface area contributed by atoms with E-state index in [9.17, 15) is 13.2 Å². The standard InChI is InChI=1S/C7H16N2O3S/c1-3-13(11,12)5-4-9-7(10)6(2)8/h6H,3-5,8H2,1-2H3,(H,9,10). The zero-order chi connectivity index (χ0) is 10.5. The minimum Gasteiger partial charge on any atom is -0.354 e. The van der Waals surface area contributed by atoms with Gasteiger partial charge in [0, 0.05) is 12.3 Å². The van der Waals surface area contributed by atoms with E-state index in [1.807, 2.05) is 0 Å². The quantitative estimate of drug-likeness (QED) is 0.599. The topological polar surface area (TPSA) is 89.3 Å². The van der Waals surface area contributed by atoms with Crippen LogP contribution < -0.4 is 11.1 Å². The molecule has 1 atom stereocenters. The summed E-state index contributed by atoms with van der Waals surface area (Å²) in [7, 11) is -3.00. The van der Waals surface area contributed by atoms with Crippen LogP contribution in [0.4, 0.5) is 0 Å². The van der Waals surface area contributed by atoms with Gasteiger partial charge in [-0.25, -0.2) is 8.42 Å². The minimum atomic E-state index is -3.00. The lowest BCUT2D eigenvalue weighted by molar-refractivity contribution is -0.121. The second kappa shape index (κ2) is 5.18. The highest BCUT2D eigenvalue weighted by atomic mass is 32.2. The van der Waals surface area contributed by atoms with Crippen LogP contribution in [0.25, 0.3) is 0 Å². The molecule has 0 radical (unpaired) electrons. The van der Waals surface area contributed by atoms with Gasteiger partial charge in [0.2, 0.25) is 5.91 Å². The van der Waals surface area contributed by atoms with E-state index >= 15 is 0 Å². The maximum absolute atomic E-state index is 11.0. The van der Waals surface area contributed by atoms with Gasteiger partial charge in [-0.2, -0.15) is 0 Å². The first-order valence-electron chi connectivity index (χ1n) is 4.12. The molecule has 0 saturated carbocycles. The molecule has 0 aromatic carbocycles. The minimum absolute atomic E-state index is 0.0258. The maximum atomic E-state index is 11.0. The van der Waals surface area contributed by atoms with Gasteiger partial charge in [-0.3, -0.25) is 4.79 Å². The van der Waals surface area contributed by atoms with E-state index in [1.165, 1.54) is 0 Å². The molecule has 78 valence electrons. The van der Waals surface area contributed by atoms with Crippen molar-refractivity contribution >= 4 is 15.7 Å². The van der Waals surface area contributed by atoms with Crippen LogP contribution in [-0.4, -0.2) is 38.4 Å². The summed E-state index contributed by atoms with van der Waals surface area (Å²) in [5.74, 6) is -0.255. The van der Waals surface area contributed by atoms with Crippen molar-refractivity contribution in [2.45, 2.75) is 19.9 Å². The Balaban J connectivity index is 3.76. The summed E-state index contributed by atoms with van der Waals surface area (Å²) in [6.07, 6.45) is 0. The van der Waals surface area contributed by atoms with Gasteiger partial charge in [-0.05, 0) is 6.92 Å². The molecule has 0 bridgehead atoms. The Morgan fingerprint density at radius 2 is 2.08 bits per heavy atom. The first kappa shape index (κ1) is 12.4. The lowest BCUT2D eigenvalue weighted by Crippen LogP contribution is -2.40. The van der Waals surface area contributed by atoms with Crippen LogP contribution in [0.3, 0.4) is 0 Å². The second-order valence-electron chi connectivity index (χ2n) is 2.82. The molecule has 1 amide bonds. The van der Waals surface area contributed by atoms with Crippen molar-refractivity contribution in [2.24, 2.45) is 5.73 Å². The number of hydrogen-bond acceptors (Lipinski definition) is 4. The third-order valence-electron chi connectivity index (χ3n) is 1.57. The van der Waals surface area contributed by atoms with Crippen molar-refractivity contribution in [3.05, 3.63) is 0 Å². The van der Waals surface area contributed by atoms with E-state index in [2.05, 4.69) is 5.32 Å². The van der Waals surface area contributed by atoms with Gasteiger partial charge >= 0.3 is 0 Å². The average Bonchev–Trinajstić information content (AvgIpc) is 2.04. The zero-order valence-electron chi connectivity index (χ0n) is 7.91. The van der Waals surface area contributed by atoms with Crippen LogP contribution in [0.5, 0.6) is 0 Å². The van der Waals surface area contributed by atoms with Crippen LogP contribution >= 0.6 is 0 Å². The van der Waals surface area contributed by atoms with Gasteiger partial charge in [-0.15, -0.1) is 0 Å². The molecular weight excluding hydrogens is 192 g/mol. The van der Waals surface area contributed by atoms with Crippen molar-refractivity contribution < 1.29 is 13.2 Å². The average molecular weight is 208 g/mol. The molecule has 5 nitrogen and oxygen atoms in total. The summed E-state index contributed by atoms with van der Waals surface area (Å²) < 4.78 is 21.9. The number of carbonyl (C=O) groups excluding carboxylic acids is 1. The maximum Gasteiger partial charge on any atom is 0.236 e. The largest absolute Gasteiger partial charge is 0.354 e. The molecule has 0 aliphatic rings. The third kappa shape index (κ3) is 5.59. The van der Waals surface area contributed by atoms with Crippen LogP contribution in [0.15, 0.2) is 0 Å². The van der Waals surface area contributed by atoms with Gasteiger partial charge in [-0.1, -0.05) is 6.92 Å². The molecule has 0 rings (SSSR count). The summed E-state index contributed by atoms with van der Waals surface area (Å²) in [6, 6.07) is -0.593. The number of carbonyl (C=O) groups is 1. The normalized spacial score (nSPS) is 13.8. The Hall–Kier alpha value is -0.620. The SMILES string of the molecule is CCS(=O)(=O)CCNC(=O)C(C)N. The second-order valence-corrected chi connectivity index (χ2v) is 5.29. The molecule has 0 heterocycles. The highest BCUT2D eigenvalue weighted by molar-refractivity contribution is 7.91. The number of sulfone groups is 1. The highest BCUT2D eigenvalue weighted by Crippen LogP contribution is 1.87. The van der Waals surface area contributed by atoms with Crippen molar-refractivity contribution in [1.29, 1.82) is 0 Å². The fourth-order valence-electron chi connectivity index (χ4n) is 0.635. The molecule has 3 N–H and O–H groups in total. The molecule has 0 aliphatic heterocycles. The van der Waals surface area contributed by atoms with Gasteiger partial charge in [0.15, 0.2) is 9.84 Å². The summed E-state index contributed by atoms with van der Waals surface area (Å²) in [4.78, 5) is 10.9. The van der Waals surface area contributed by atoms with Crippen molar-refractivity contribution in [3.63, 3.8) is 0 Å². The first-order chi connectivity index (χ1) is 5.89. The van der Waals surface area contributed by atoms with Gasteiger partial charge in [0.1, 0.15) is 0 Å². The predicted octanol–water partition coefficient (Wildman–Crippen LogP) is -1.12. The number of nitrogens with two attached hydrogens (primary N) is 1. The Labute approximate surface area is 78.6 Å². The molecule has 0 fully saturated rings. The zero-order valence-corrected chi connectivity index (χ0v) is 8.73. The number of nitrogens with one attached hydrogen (secondary N) is 1. The summed E-state index contributed by atoms with van der Waals surface area (Å²) in [5, 5.41) is 2.43. The smallest absolute Gasteiger partial charge is 0.236 e. The molecular formula is C7H16N2O3S. The monoisotopic (exact) mass is 208 g/mol. The van der Waals surface area contributed by atoms with Crippen LogP contribution in [-0.2, 0) is 14.6 Å². The molecule has 0 spiro atoms. The third-order valence-corrected chi connectivity index (χ3v) is 3.27. The summed E-state index contributed by atoms with van der Waals surface area (Å²) >= 11 is 0. The number of amides is 1. The Morgan fingerprint density at radius 1 is 1.54 bits per heavy atom. The lowest BCUT2D eigenvalue weighted by atomic mass is 10.3. The number of hydrogen-bond donors (Lipinski definition) is 2. The lowest BCUT2D eigenvalue weighted by Gasteiger charge is -2.06. The van der Waals surface area contributed by atoms with E-state index in [4.69, 9.17) is 5.73 Å². The van der Waals surface area contributed by atoms with Gasteiger partial charge in [0.25, 0.3) is 0 Å². The Bertz CT molecular complexity index is 259. The molecule has 6 heteroatoms. The predicted molar refractivity (Wildman–Crippen MR) is 51.0 cm³/mol. The van der Waals surface area contributed by atoms with Gasteiger partial charge in [0.05, 0.1) is 11.8 Å². The van der Waals surface area contributed by atoms with E-state index in [-0.39, 0.29) is 24.0 Å². The molecule has 0 aromatic rings. The van der Waals surface area contributed by atoms with Crippen LogP contribution in [0, 0.1) is 0 Å². The Morgan fingerprint density at radius 3 is 2.46 bits per heavy atom. The molecule has 0 aliphatic carbocycles. The highest BCUT2D eigenvalue weighted by Gasteiger charge is 2.10.